The van der Waals surface area contributed by atoms with E-state index < -0.39 is 0 Å². The van der Waals surface area contributed by atoms with Crippen molar-refractivity contribution in [2.24, 2.45) is 5.73 Å². The zero-order valence-electron chi connectivity index (χ0n) is 11.6. The van der Waals surface area contributed by atoms with Crippen molar-refractivity contribution < 1.29 is 4.79 Å². The Kier molecular flexibility index (Phi) is 4.24. The van der Waals surface area contributed by atoms with Crippen LogP contribution < -0.4 is 5.73 Å². The molecule has 0 spiro atoms. The molecule has 0 aliphatic carbocycles. The van der Waals surface area contributed by atoms with Gasteiger partial charge in [-0.25, -0.2) is 0 Å². The number of likely N-dealkylation sites (tertiary alicyclic amines) is 1. The van der Waals surface area contributed by atoms with Gasteiger partial charge in [0.05, 0.1) is 12.1 Å². The molecule has 1 fully saturated rings. The van der Waals surface area contributed by atoms with E-state index in [1.54, 1.807) is 0 Å². The van der Waals surface area contributed by atoms with Gasteiger partial charge in [0.2, 0.25) is 0 Å². The largest absolute Gasteiger partial charge is 0.336 e. The lowest BCUT2D eigenvalue weighted by molar-refractivity contribution is 0.0747. The van der Waals surface area contributed by atoms with Gasteiger partial charge >= 0.3 is 0 Å². The second-order valence-electron chi connectivity index (χ2n) is 5.04. The number of aryl methyl sites for hydroxylation is 1. The van der Waals surface area contributed by atoms with Crippen LogP contribution in [0.5, 0.6) is 0 Å². The molecule has 0 bridgehead atoms. The smallest absolute Gasteiger partial charge is 0.255 e. The Balaban J connectivity index is 2.36. The van der Waals surface area contributed by atoms with E-state index in [1.807, 2.05) is 30.0 Å². The van der Waals surface area contributed by atoms with Gasteiger partial charge in [-0.15, -0.1) is 0 Å². The minimum absolute atomic E-state index is 0.0926. The van der Waals surface area contributed by atoms with Gasteiger partial charge in [-0.3, -0.25) is 4.79 Å². The Labute approximate surface area is 114 Å². The summed E-state index contributed by atoms with van der Waals surface area (Å²) in [5.74, 6) is 5.92. The van der Waals surface area contributed by atoms with Crippen LogP contribution in [0.4, 0.5) is 0 Å². The predicted molar refractivity (Wildman–Crippen MR) is 76.8 cm³/mol. The van der Waals surface area contributed by atoms with Crippen molar-refractivity contribution in [3.05, 3.63) is 34.9 Å². The zero-order chi connectivity index (χ0) is 13.8. The highest BCUT2D eigenvalue weighted by atomic mass is 16.2. The number of nitrogens with zero attached hydrogens (tertiary/aromatic N) is 1. The summed E-state index contributed by atoms with van der Waals surface area (Å²) in [5, 5.41) is 0. The maximum absolute atomic E-state index is 12.6. The summed E-state index contributed by atoms with van der Waals surface area (Å²) in [6.07, 6.45) is 2.17. The van der Waals surface area contributed by atoms with Crippen LogP contribution in [0.15, 0.2) is 18.2 Å². The van der Waals surface area contributed by atoms with Crippen molar-refractivity contribution in [2.75, 3.05) is 13.1 Å². The monoisotopic (exact) mass is 256 g/mol. The molecule has 2 rings (SSSR count). The van der Waals surface area contributed by atoms with Crippen LogP contribution in [0.2, 0.25) is 0 Å². The molecular weight excluding hydrogens is 236 g/mol. The van der Waals surface area contributed by atoms with Crippen LogP contribution in [0, 0.1) is 18.8 Å². The van der Waals surface area contributed by atoms with E-state index in [-0.39, 0.29) is 5.91 Å². The van der Waals surface area contributed by atoms with Crippen LogP contribution in [0.3, 0.4) is 0 Å². The van der Waals surface area contributed by atoms with Crippen molar-refractivity contribution in [1.82, 2.24) is 4.90 Å². The predicted octanol–water partition coefficient (Wildman–Crippen LogP) is 1.93. The first kappa shape index (κ1) is 13.6. The third-order valence-electron chi connectivity index (χ3n) is 3.54. The van der Waals surface area contributed by atoms with Crippen LogP contribution in [-0.4, -0.2) is 29.9 Å². The molecule has 3 heteroatoms. The molecular formula is C16H20N2O. The maximum atomic E-state index is 12.6. The van der Waals surface area contributed by atoms with E-state index in [2.05, 4.69) is 18.8 Å². The number of amides is 1. The second kappa shape index (κ2) is 5.90. The van der Waals surface area contributed by atoms with Crippen molar-refractivity contribution in [3.63, 3.8) is 0 Å². The summed E-state index contributed by atoms with van der Waals surface area (Å²) in [6.45, 7) is 5.25. The topological polar surface area (TPSA) is 46.3 Å². The molecule has 1 aromatic carbocycles. The fourth-order valence-electron chi connectivity index (χ4n) is 2.48. The maximum Gasteiger partial charge on any atom is 0.255 e. The summed E-state index contributed by atoms with van der Waals surface area (Å²) in [4.78, 5) is 14.6. The average Bonchev–Trinajstić information content (AvgIpc) is 2.82. The quantitative estimate of drug-likeness (QED) is 0.780. The highest BCUT2D eigenvalue weighted by Crippen LogP contribution is 2.21. The molecule has 3 nitrogen and oxygen atoms in total. The Bertz CT molecular complexity index is 539. The van der Waals surface area contributed by atoms with E-state index in [1.165, 1.54) is 0 Å². The fourth-order valence-corrected chi connectivity index (χ4v) is 2.48. The first-order valence-corrected chi connectivity index (χ1v) is 6.74. The molecule has 100 valence electrons. The van der Waals surface area contributed by atoms with Gasteiger partial charge in [0, 0.05) is 18.2 Å². The molecule has 1 atom stereocenters. The highest BCUT2D eigenvalue weighted by Gasteiger charge is 2.27. The summed E-state index contributed by atoms with van der Waals surface area (Å²) in [5.41, 5.74) is 7.97. The van der Waals surface area contributed by atoms with Gasteiger partial charge in [-0.2, -0.15) is 0 Å². The Hall–Kier alpha value is -1.79. The van der Waals surface area contributed by atoms with Crippen LogP contribution in [0.25, 0.3) is 0 Å². The summed E-state index contributed by atoms with van der Waals surface area (Å²) < 4.78 is 0. The van der Waals surface area contributed by atoms with Crippen molar-refractivity contribution in [3.8, 4) is 11.8 Å². The number of nitrogens with two attached hydrogens (primary N) is 1. The van der Waals surface area contributed by atoms with E-state index in [4.69, 9.17) is 5.73 Å². The summed E-state index contributed by atoms with van der Waals surface area (Å²) in [6, 6.07) is 6.13. The molecule has 19 heavy (non-hydrogen) atoms. The molecule has 1 amide bonds. The van der Waals surface area contributed by atoms with Gasteiger partial charge in [-0.05, 0) is 38.8 Å². The molecule has 1 aliphatic rings. The molecule has 0 aromatic heterocycles. The number of hydrogen-bond acceptors (Lipinski definition) is 2. The normalized spacial score (nSPS) is 18.1. The SMILES string of the molecule is Cc1ccc(C#CCN)c(C(=O)N2CCCC2C)c1. The first-order valence-electron chi connectivity index (χ1n) is 6.74. The van der Waals surface area contributed by atoms with E-state index in [0.717, 1.165) is 30.5 Å². The van der Waals surface area contributed by atoms with Crippen LogP contribution >= 0.6 is 0 Å². The Morgan fingerprint density at radius 3 is 2.95 bits per heavy atom. The number of benzene rings is 1. The molecule has 1 aliphatic heterocycles. The molecule has 1 saturated heterocycles. The fraction of sp³-hybridized carbons (Fsp3) is 0.438. The third kappa shape index (κ3) is 2.97. The Morgan fingerprint density at radius 1 is 1.53 bits per heavy atom. The molecule has 1 heterocycles. The van der Waals surface area contributed by atoms with Gasteiger partial charge in [0.15, 0.2) is 0 Å². The van der Waals surface area contributed by atoms with Gasteiger partial charge in [0.25, 0.3) is 5.91 Å². The molecule has 0 radical (unpaired) electrons. The lowest BCUT2D eigenvalue weighted by Gasteiger charge is -2.22. The number of rotatable bonds is 1. The molecule has 2 N–H and O–H groups in total. The summed E-state index contributed by atoms with van der Waals surface area (Å²) >= 11 is 0. The number of hydrogen-bond donors (Lipinski definition) is 1. The van der Waals surface area contributed by atoms with Gasteiger partial charge in [0.1, 0.15) is 0 Å². The van der Waals surface area contributed by atoms with Crippen molar-refractivity contribution >= 4 is 5.91 Å². The Morgan fingerprint density at radius 2 is 2.32 bits per heavy atom. The highest BCUT2D eigenvalue weighted by molar-refractivity contribution is 5.97. The first-order chi connectivity index (χ1) is 9.13. The zero-order valence-corrected chi connectivity index (χ0v) is 11.6. The molecule has 1 aromatic rings. The lowest BCUT2D eigenvalue weighted by atomic mass is 10.0. The van der Waals surface area contributed by atoms with E-state index >= 15 is 0 Å². The summed E-state index contributed by atoms with van der Waals surface area (Å²) in [7, 11) is 0. The third-order valence-corrected chi connectivity index (χ3v) is 3.54. The van der Waals surface area contributed by atoms with Crippen molar-refractivity contribution in [1.29, 1.82) is 0 Å². The van der Waals surface area contributed by atoms with Crippen molar-refractivity contribution in [2.45, 2.75) is 32.7 Å². The lowest BCUT2D eigenvalue weighted by Crippen LogP contribution is -2.34. The minimum atomic E-state index is 0.0926. The van der Waals surface area contributed by atoms with Gasteiger partial charge in [-0.1, -0.05) is 23.5 Å². The number of carbonyl (C=O) groups excluding carboxylic acids is 1. The second-order valence-corrected chi connectivity index (χ2v) is 5.04. The molecule has 0 saturated carbocycles. The minimum Gasteiger partial charge on any atom is -0.336 e. The molecule has 1 unspecified atom stereocenters. The van der Waals surface area contributed by atoms with E-state index in [0.29, 0.717) is 18.2 Å². The van der Waals surface area contributed by atoms with Gasteiger partial charge < -0.3 is 10.6 Å². The number of carbonyl (C=O) groups is 1. The van der Waals surface area contributed by atoms with Crippen LogP contribution in [-0.2, 0) is 0 Å². The average molecular weight is 256 g/mol. The van der Waals surface area contributed by atoms with E-state index in [9.17, 15) is 4.79 Å². The van der Waals surface area contributed by atoms with Crippen LogP contribution in [0.1, 0.15) is 41.3 Å². The standard InChI is InChI=1S/C16H20N2O/c1-12-7-8-14(6-3-9-17)15(11-12)16(19)18-10-4-5-13(18)2/h7-8,11,13H,4-5,9-10,17H2,1-2H3.